The van der Waals surface area contributed by atoms with Crippen molar-refractivity contribution in [2.45, 2.75) is 251 Å². The summed E-state index contributed by atoms with van der Waals surface area (Å²) in [5.74, 6) is -0.860. The Labute approximate surface area is 484 Å². The molecule has 0 aromatic heterocycles. The minimum absolute atomic E-state index is 0.0440. The second-order valence-electron chi connectivity index (χ2n) is 20.2. The summed E-state index contributed by atoms with van der Waals surface area (Å²) < 4.78 is 33.0. The minimum atomic E-state index is -4.40. The van der Waals surface area contributed by atoms with Crippen molar-refractivity contribution in [1.82, 2.24) is 0 Å². The van der Waals surface area contributed by atoms with Gasteiger partial charge in [-0.05, 0) is 116 Å². The van der Waals surface area contributed by atoms with Crippen LogP contribution in [0.5, 0.6) is 0 Å². The van der Waals surface area contributed by atoms with Crippen LogP contribution in [0.4, 0.5) is 0 Å². The Balaban J connectivity index is 3.90. The quantitative estimate of drug-likeness (QED) is 0.0264. The number of phosphoric ester groups is 1. The largest absolute Gasteiger partial charge is 0.472 e. The molecule has 0 aromatic carbocycles. The smallest absolute Gasteiger partial charge is 0.462 e. The third-order valence-corrected chi connectivity index (χ3v) is 13.7. The Morgan fingerprint density at radius 2 is 0.658 bits per heavy atom. The number of hydrogen-bond acceptors (Lipinski definition) is 8. The van der Waals surface area contributed by atoms with E-state index in [1.165, 1.54) is 83.5 Å². The number of unbranched alkanes of at least 4 members (excludes halogenated alkanes) is 20. The lowest BCUT2D eigenvalue weighted by Crippen LogP contribution is -2.29. The van der Waals surface area contributed by atoms with Crippen LogP contribution < -0.4 is 5.73 Å². The van der Waals surface area contributed by atoms with Crippen molar-refractivity contribution >= 4 is 19.8 Å². The highest BCUT2D eigenvalue weighted by Gasteiger charge is 2.26. The molecule has 0 amide bonds. The second-order valence-corrected chi connectivity index (χ2v) is 21.6. The number of esters is 2. The van der Waals surface area contributed by atoms with Gasteiger partial charge in [0.05, 0.1) is 13.2 Å². The third-order valence-electron chi connectivity index (χ3n) is 12.7. The highest BCUT2D eigenvalue weighted by Crippen LogP contribution is 2.43. The minimum Gasteiger partial charge on any atom is -0.462 e. The normalized spacial score (nSPS) is 14.0. The zero-order valence-corrected chi connectivity index (χ0v) is 50.9. The summed E-state index contributed by atoms with van der Waals surface area (Å²) in [6.45, 7) is 3.48. The number of carbonyl (C=O) groups is 2. The SMILES string of the molecule is CC/C=C\C/C=C\C/C=C\C/C=C\C/C=C\C/C=C\C/C=C\C/C=C\CCCCCCCCCCCCCCCCCCC(=O)OC(COC(=O)CCCCCC/C=C\C/C=C\C/C=C\C/C=C\CC)COP(=O)(O)OCCN. The highest BCUT2D eigenvalue weighted by molar-refractivity contribution is 7.47. The third kappa shape index (κ3) is 62.9. The molecular weight excluding hydrogens is 1000 g/mol. The topological polar surface area (TPSA) is 134 Å². The van der Waals surface area contributed by atoms with Crippen LogP contribution in [0.1, 0.15) is 245 Å². The van der Waals surface area contributed by atoms with Gasteiger partial charge in [0.25, 0.3) is 0 Å². The summed E-state index contributed by atoms with van der Waals surface area (Å²) in [7, 11) is -4.40. The van der Waals surface area contributed by atoms with E-state index in [-0.39, 0.29) is 32.6 Å². The molecule has 0 saturated carbocycles. The van der Waals surface area contributed by atoms with E-state index in [1.54, 1.807) is 0 Å². The molecule has 2 unspecified atom stereocenters. The number of rotatable bonds is 57. The van der Waals surface area contributed by atoms with E-state index in [4.69, 9.17) is 24.3 Å². The van der Waals surface area contributed by atoms with Crippen molar-refractivity contribution in [1.29, 1.82) is 0 Å². The van der Waals surface area contributed by atoms with Gasteiger partial charge in [-0.3, -0.25) is 18.6 Å². The molecule has 448 valence electrons. The lowest BCUT2D eigenvalue weighted by atomic mass is 10.0. The van der Waals surface area contributed by atoms with E-state index in [0.717, 1.165) is 122 Å². The van der Waals surface area contributed by atoms with Gasteiger partial charge in [-0.2, -0.15) is 0 Å². The zero-order chi connectivity index (χ0) is 57.3. The Bertz CT molecular complexity index is 1800. The number of phosphoric acid groups is 1. The summed E-state index contributed by atoms with van der Waals surface area (Å²) in [5, 5.41) is 0. The van der Waals surface area contributed by atoms with Gasteiger partial charge < -0.3 is 20.1 Å². The van der Waals surface area contributed by atoms with E-state index < -0.39 is 32.5 Å². The lowest BCUT2D eigenvalue weighted by Gasteiger charge is -2.19. The van der Waals surface area contributed by atoms with Crippen LogP contribution in [0.25, 0.3) is 0 Å². The summed E-state index contributed by atoms with van der Waals surface area (Å²) >= 11 is 0. The Morgan fingerprint density at radius 1 is 0.380 bits per heavy atom. The molecule has 79 heavy (non-hydrogen) atoms. The van der Waals surface area contributed by atoms with Crippen LogP contribution in [0.3, 0.4) is 0 Å². The summed E-state index contributed by atoms with van der Waals surface area (Å²) in [4.78, 5) is 35.2. The molecule has 2 atom stereocenters. The molecule has 0 aliphatic heterocycles. The first-order valence-corrected chi connectivity index (χ1v) is 32.8. The molecule has 3 N–H and O–H groups in total. The van der Waals surface area contributed by atoms with Crippen molar-refractivity contribution < 1.29 is 37.6 Å². The summed E-state index contributed by atoms with van der Waals surface area (Å²) in [5.41, 5.74) is 5.38. The average molecular weight is 1120 g/mol. The molecule has 0 fully saturated rings. The second kappa shape index (κ2) is 63.1. The maximum atomic E-state index is 12.7. The zero-order valence-electron chi connectivity index (χ0n) is 50.0. The van der Waals surface area contributed by atoms with Gasteiger partial charge in [-0.25, -0.2) is 4.57 Å². The first-order valence-electron chi connectivity index (χ1n) is 31.3. The molecule has 0 aromatic rings. The molecule has 0 heterocycles. The molecule has 0 spiro atoms. The fraction of sp³-hybridized carbons (Fsp3) is 0.623. The molecule has 0 rings (SSSR count). The van der Waals surface area contributed by atoms with Crippen LogP contribution in [0, 0.1) is 0 Å². The molecule has 10 heteroatoms. The average Bonchev–Trinajstić information content (AvgIpc) is 3.44. The van der Waals surface area contributed by atoms with Crippen LogP contribution in [0.2, 0.25) is 0 Å². The highest BCUT2D eigenvalue weighted by atomic mass is 31.2. The van der Waals surface area contributed by atoms with Crippen LogP contribution >= 0.6 is 7.82 Å². The predicted molar refractivity (Wildman–Crippen MR) is 339 cm³/mol. The van der Waals surface area contributed by atoms with E-state index in [1.807, 2.05) is 0 Å². The van der Waals surface area contributed by atoms with Crippen molar-refractivity contribution in [2.75, 3.05) is 26.4 Å². The van der Waals surface area contributed by atoms with Gasteiger partial charge in [-0.1, -0.05) is 262 Å². The molecular formula is C69H114NO8P. The van der Waals surface area contributed by atoms with E-state index in [2.05, 4.69) is 160 Å². The van der Waals surface area contributed by atoms with E-state index in [9.17, 15) is 19.0 Å². The molecule has 0 radical (unpaired) electrons. The summed E-state index contributed by atoms with van der Waals surface area (Å²) in [6.07, 6.45) is 90.7. The van der Waals surface area contributed by atoms with Crippen molar-refractivity contribution in [2.24, 2.45) is 5.73 Å². The van der Waals surface area contributed by atoms with Gasteiger partial charge in [0.1, 0.15) is 6.61 Å². The predicted octanol–water partition coefficient (Wildman–Crippen LogP) is 20.3. The van der Waals surface area contributed by atoms with Gasteiger partial charge in [0, 0.05) is 19.4 Å². The van der Waals surface area contributed by atoms with Gasteiger partial charge in [0.2, 0.25) is 0 Å². The van der Waals surface area contributed by atoms with Crippen LogP contribution in [0.15, 0.2) is 146 Å². The Morgan fingerprint density at radius 3 is 0.975 bits per heavy atom. The number of allylic oxidation sites excluding steroid dienone is 24. The standard InChI is InChI=1S/C69H114NO8P/c1-3-5-7-9-11-13-15-17-19-21-22-23-24-25-26-27-28-29-30-31-32-33-34-35-36-37-38-39-40-41-42-43-44-46-48-50-52-54-56-58-60-62-69(72)78-67(66-77-79(73,74)76-64-63-70)65-75-68(71)61-59-57-55-53-51-49-47-45-20-18-16-14-12-10-8-6-4-2/h5-8,11-14,17-20,22-23,25-26,28-29,31-32,34-35,47,49,67H,3-4,9-10,15-16,21,24,27,30,33,36-46,48,50-66,70H2,1-2H3,(H,73,74)/b7-5-,8-6-,13-11-,14-12-,19-17-,20-18-,23-22-,26-25-,29-28-,32-31-,35-34-,49-47-. The van der Waals surface area contributed by atoms with Crippen molar-refractivity contribution in [3.63, 3.8) is 0 Å². The fourth-order valence-corrected chi connectivity index (χ4v) is 8.94. The number of carbonyl (C=O) groups excluding carboxylic acids is 2. The fourth-order valence-electron chi connectivity index (χ4n) is 8.17. The lowest BCUT2D eigenvalue weighted by molar-refractivity contribution is -0.161. The van der Waals surface area contributed by atoms with E-state index in [0.29, 0.717) is 12.8 Å². The maximum Gasteiger partial charge on any atom is 0.472 e. The van der Waals surface area contributed by atoms with E-state index >= 15 is 0 Å². The van der Waals surface area contributed by atoms with Gasteiger partial charge in [0.15, 0.2) is 6.10 Å². The monoisotopic (exact) mass is 1120 g/mol. The van der Waals surface area contributed by atoms with Gasteiger partial charge in [-0.15, -0.1) is 0 Å². The number of hydrogen-bond donors (Lipinski definition) is 2. The molecule has 0 bridgehead atoms. The maximum absolute atomic E-state index is 12.7. The first-order chi connectivity index (χ1) is 38.8. The van der Waals surface area contributed by atoms with Crippen molar-refractivity contribution in [3.8, 4) is 0 Å². The van der Waals surface area contributed by atoms with Gasteiger partial charge >= 0.3 is 19.8 Å². The molecule has 9 nitrogen and oxygen atoms in total. The Hall–Kier alpha value is -4.11. The Kier molecular flexibility index (Phi) is 59.8. The van der Waals surface area contributed by atoms with Crippen LogP contribution in [-0.4, -0.2) is 49.3 Å². The van der Waals surface area contributed by atoms with Crippen LogP contribution in [-0.2, 0) is 32.7 Å². The molecule has 0 aliphatic carbocycles. The van der Waals surface area contributed by atoms with Crippen molar-refractivity contribution in [3.05, 3.63) is 146 Å². The molecule has 0 saturated heterocycles. The number of ether oxygens (including phenoxy) is 2. The summed E-state index contributed by atoms with van der Waals surface area (Å²) in [6, 6.07) is 0. The number of nitrogens with two attached hydrogens (primary N) is 1. The molecule has 0 aliphatic rings. The first kappa shape index (κ1) is 74.9.